The Morgan fingerprint density at radius 1 is 0.812 bits per heavy atom. The van der Waals surface area contributed by atoms with Crippen LogP contribution in [-0.2, 0) is 4.79 Å². The van der Waals surface area contributed by atoms with Crippen molar-refractivity contribution in [3.8, 4) is 11.5 Å². The van der Waals surface area contributed by atoms with Crippen molar-refractivity contribution in [3.05, 3.63) is 107 Å². The molecular weight excluding hydrogens is 431 g/mol. The maximum Gasteiger partial charge on any atom is 0.319 e. The number of methoxy groups -OCH3 is 1. The summed E-state index contributed by atoms with van der Waals surface area (Å²) in [6.07, 6.45) is 1.43. The zero-order valence-electron chi connectivity index (χ0n) is 16.7. The first kappa shape index (κ1) is 23.0. The number of halogens is 5. The molecule has 3 aromatic rings. The van der Waals surface area contributed by atoms with Crippen LogP contribution in [0.15, 0.2) is 67.3 Å². The summed E-state index contributed by atoms with van der Waals surface area (Å²) < 4.78 is 78.5. The van der Waals surface area contributed by atoms with Gasteiger partial charge in [0, 0.05) is 5.92 Å². The fourth-order valence-corrected chi connectivity index (χ4v) is 3.28. The van der Waals surface area contributed by atoms with Gasteiger partial charge in [-0.05, 0) is 23.3 Å². The van der Waals surface area contributed by atoms with E-state index in [0.717, 1.165) is 0 Å². The van der Waals surface area contributed by atoms with E-state index in [1.807, 2.05) is 0 Å². The fourth-order valence-electron chi connectivity index (χ4n) is 3.28. The average Bonchev–Trinajstić information content (AvgIpc) is 2.83. The molecule has 0 amide bonds. The van der Waals surface area contributed by atoms with Crippen molar-refractivity contribution >= 4 is 5.97 Å². The summed E-state index contributed by atoms with van der Waals surface area (Å²) in [6, 6.07) is 14.8. The first-order valence-corrected chi connectivity index (χ1v) is 9.34. The Kier molecular flexibility index (Phi) is 6.92. The number of hydrogen-bond acceptors (Lipinski definition) is 3. The van der Waals surface area contributed by atoms with Crippen molar-refractivity contribution < 1.29 is 36.2 Å². The number of benzene rings is 3. The SMILES string of the molecule is C=C[C@@H](c1ccccc1)[C@@H](C(=O)Oc1c(F)c(F)c(F)c(F)c1F)c1ccc(OC)cc1. The summed E-state index contributed by atoms with van der Waals surface area (Å²) in [7, 11) is 1.44. The first-order chi connectivity index (χ1) is 15.3. The molecule has 3 nitrogen and oxygen atoms in total. The highest BCUT2D eigenvalue weighted by molar-refractivity contribution is 5.82. The van der Waals surface area contributed by atoms with Crippen molar-refractivity contribution in [3.63, 3.8) is 0 Å². The molecule has 0 heterocycles. The summed E-state index contributed by atoms with van der Waals surface area (Å²) in [6.45, 7) is 3.73. The highest BCUT2D eigenvalue weighted by Gasteiger charge is 2.35. The summed E-state index contributed by atoms with van der Waals surface area (Å²) in [5, 5.41) is 0. The monoisotopic (exact) mass is 448 g/mol. The molecule has 0 aliphatic heterocycles. The van der Waals surface area contributed by atoms with Gasteiger partial charge in [-0.1, -0.05) is 48.5 Å². The number of esters is 1. The van der Waals surface area contributed by atoms with Gasteiger partial charge in [-0.15, -0.1) is 6.58 Å². The highest BCUT2D eigenvalue weighted by Crippen LogP contribution is 2.37. The second-order valence-corrected chi connectivity index (χ2v) is 6.74. The van der Waals surface area contributed by atoms with Crippen LogP contribution in [0.4, 0.5) is 22.0 Å². The molecule has 0 saturated carbocycles. The molecule has 0 saturated heterocycles. The van der Waals surface area contributed by atoms with Gasteiger partial charge in [0.15, 0.2) is 0 Å². The molecule has 0 fully saturated rings. The Balaban J connectivity index is 2.09. The Bertz CT molecular complexity index is 1100. The number of hydrogen-bond donors (Lipinski definition) is 0. The van der Waals surface area contributed by atoms with Crippen molar-refractivity contribution in [1.29, 1.82) is 0 Å². The van der Waals surface area contributed by atoms with Gasteiger partial charge in [0.05, 0.1) is 13.0 Å². The van der Waals surface area contributed by atoms with E-state index in [1.165, 1.54) is 25.3 Å². The molecule has 2 atom stereocenters. The van der Waals surface area contributed by atoms with E-state index >= 15 is 0 Å². The van der Waals surface area contributed by atoms with Gasteiger partial charge in [0.2, 0.25) is 34.8 Å². The molecule has 0 bridgehead atoms. The molecule has 0 aliphatic rings. The largest absolute Gasteiger partial charge is 0.497 e. The van der Waals surface area contributed by atoms with Gasteiger partial charge >= 0.3 is 5.97 Å². The summed E-state index contributed by atoms with van der Waals surface area (Å²) in [4.78, 5) is 13.1. The molecule has 0 radical (unpaired) electrons. The van der Waals surface area contributed by atoms with Crippen LogP contribution < -0.4 is 9.47 Å². The molecule has 3 aromatic carbocycles. The average molecular weight is 448 g/mol. The quantitative estimate of drug-likeness (QED) is 0.110. The minimum atomic E-state index is -2.35. The second kappa shape index (κ2) is 9.64. The fraction of sp³-hybridized carbons (Fsp3) is 0.125. The third kappa shape index (κ3) is 4.34. The van der Waals surface area contributed by atoms with Crippen LogP contribution >= 0.6 is 0 Å². The Morgan fingerprint density at radius 3 is 1.84 bits per heavy atom. The van der Waals surface area contributed by atoms with E-state index < -0.39 is 52.6 Å². The van der Waals surface area contributed by atoms with E-state index in [9.17, 15) is 26.7 Å². The van der Waals surface area contributed by atoms with Crippen LogP contribution in [0.25, 0.3) is 0 Å². The predicted octanol–water partition coefficient (Wildman–Crippen LogP) is 6.05. The van der Waals surface area contributed by atoms with Crippen LogP contribution in [0, 0.1) is 29.1 Å². The lowest BCUT2D eigenvalue weighted by atomic mass is 9.81. The van der Waals surface area contributed by atoms with Crippen molar-refractivity contribution in [1.82, 2.24) is 0 Å². The Hall–Kier alpha value is -3.68. The maximum atomic E-state index is 14.1. The molecular formula is C24H17F5O3. The van der Waals surface area contributed by atoms with Crippen molar-refractivity contribution in [2.45, 2.75) is 11.8 Å². The number of carbonyl (C=O) groups excluding carboxylic acids is 1. The Labute approximate surface area is 180 Å². The van der Waals surface area contributed by atoms with Crippen molar-refractivity contribution in [2.24, 2.45) is 0 Å². The first-order valence-electron chi connectivity index (χ1n) is 9.34. The van der Waals surface area contributed by atoms with Gasteiger partial charge in [-0.3, -0.25) is 4.79 Å². The number of rotatable bonds is 7. The van der Waals surface area contributed by atoms with Crippen LogP contribution in [0.1, 0.15) is 23.0 Å². The van der Waals surface area contributed by atoms with Gasteiger partial charge in [0.1, 0.15) is 5.75 Å². The summed E-state index contributed by atoms with van der Waals surface area (Å²) in [5.41, 5.74) is 0.978. The van der Waals surface area contributed by atoms with E-state index in [1.54, 1.807) is 42.5 Å². The summed E-state index contributed by atoms with van der Waals surface area (Å²) in [5.74, 6) is -15.6. The van der Waals surface area contributed by atoms with E-state index in [-0.39, 0.29) is 0 Å². The minimum absolute atomic E-state index is 0.355. The van der Waals surface area contributed by atoms with Crippen LogP contribution in [0.5, 0.6) is 11.5 Å². The molecule has 0 unspecified atom stereocenters. The smallest absolute Gasteiger partial charge is 0.319 e. The zero-order valence-corrected chi connectivity index (χ0v) is 16.7. The number of carbonyl (C=O) groups is 1. The standard InChI is InChI=1S/C24H17F5O3/c1-3-16(13-7-5-4-6-8-13)17(14-9-11-15(31-2)12-10-14)24(30)32-23-21(28)19(26)18(25)20(27)22(23)29/h3-12,16-17H,1H2,2H3/t16-,17-/m0/s1. The lowest BCUT2D eigenvalue weighted by molar-refractivity contribution is -0.136. The topological polar surface area (TPSA) is 35.5 Å². The molecule has 3 rings (SSSR count). The molecule has 0 aromatic heterocycles. The highest BCUT2D eigenvalue weighted by atomic mass is 19.2. The van der Waals surface area contributed by atoms with Gasteiger partial charge < -0.3 is 9.47 Å². The zero-order chi connectivity index (χ0) is 23.4. The molecule has 0 aliphatic carbocycles. The normalized spacial score (nSPS) is 12.7. The van der Waals surface area contributed by atoms with Gasteiger partial charge in [-0.25, -0.2) is 13.2 Å². The third-order valence-corrected chi connectivity index (χ3v) is 4.90. The lowest BCUT2D eigenvalue weighted by Crippen LogP contribution is -2.25. The third-order valence-electron chi connectivity index (χ3n) is 4.90. The molecule has 32 heavy (non-hydrogen) atoms. The van der Waals surface area contributed by atoms with E-state index in [2.05, 4.69) is 6.58 Å². The maximum absolute atomic E-state index is 14.1. The predicted molar refractivity (Wildman–Crippen MR) is 107 cm³/mol. The van der Waals surface area contributed by atoms with E-state index in [4.69, 9.17) is 9.47 Å². The minimum Gasteiger partial charge on any atom is -0.497 e. The molecule has 0 spiro atoms. The Morgan fingerprint density at radius 2 is 1.34 bits per heavy atom. The van der Waals surface area contributed by atoms with Crippen LogP contribution in [-0.4, -0.2) is 13.1 Å². The number of ether oxygens (including phenoxy) is 2. The number of allylic oxidation sites excluding steroid dienone is 1. The van der Waals surface area contributed by atoms with Crippen molar-refractivity contribution in [2.75, 3.05) is 7.11 Å². The summed E-state index contributed by atoms with van der Waals surface area (Å²) >= 11 is 0. The molecule has 166 valence electrons. The molecule has 0 N–H and O–H groups in total. The van der Waals surface area contributed by atoms with Crippen LogP contribution in [0.3, 0.4) is 0 Å². The molecule has 8 heteroatoms. The second-order valence-electron chi connectivity index (χ2n) is 6.74. The lowest BCUT2D eigenvalue weighted by Gasteiger charge is -2.24. The van der Waals surface area contributed by atoms with Crippen LogP contribution in [0.2, 0.25) is 0 Å². The van der Waals surface area contributed by atoms with Gasteiger partial charge in [-0.2, -0.15) is 8.78 Å². The van der Waals surface area contributed by atoms with Gasteiger partial charge in [0.25, 0.3) is 0 Å². The van der Waals surface area contributed by atoms with E-state index in [0.29, 0.717) is 16.9 Å².